The summed E-state index contributed by atoms with van der Waals surface area (Å²) in [6, 6.07) is 22.5. The molecule has 0 atom stereocenters. The van der Waals surface area contributed by atoms with E-state index >= 15 is 0 Å². The van der Waals surface area contributed by atoms with Gasteiger partial charge in [-0.2, -0.15) is 0 Å². The molecule has 0 spiro atoms. The van der Waals surface area contributed by atoms with Crippen LogP contribution < -0.4 is 10.3 Å². The molecule has 0 saturated heterocycles. The lowest BCUT2D eigenvalue weighted by molar-refractivity contribution is 0.293. The van der Waals surface area contributed by atoms with E-state index in [4.69, 9.17) is 21.3 Å². The van der Waals surface area contributed by atoms with Gasteiger partial charge in [0.1, 0.15) is 18.0 Å². The molecule has 3 aromatic heterocycles. The maximum Gasteiger partial charge on any atom is 0.258 e. The second-order valence-corrected chi connectivity index (χ2v) is 8.90. The number of hydrogen-bond donors (Lipinski definition) is 0. The average molecular weight is 490 g/mol. The van der Waals surface area contributed by atoms with E-state index in [1.54, 1.807) is 22.7 Å². The minimum absolute atomic E-state index is 0.109. The molecular formula is C25H20ClN5O2S. The molecular weight excluding hydrogens is 470 g/mol. The van der Waals surface area contributed by atoms with Gasteiger partial charge in [0, 0.05) is 23.7 Å². The van der Waals surface area contributed by atoms with Crippen molar-refractivity contribution in [3.05, 3.63) is 111 Å². The van der Waals surface area contributed by atoms with Gasteiger partial charge in [-0.25, -0.2) is 4.98 Å². The summed E-state index contributed by atoms with van der Waals surface area (Å²) in [6.07, 6.45) is 1.73. The van der Waals surface area contributed by atoms with E-state index in [-0.39, 0.29) is 12.2 Å². The molecule has 0 unspecified atom stereocenters. The third-order valence-corrected chi connectivity index (χ3v) is 6.47. The van der Waals surface area contributed by atoms with Crippen LogP contribution in [0.2, 0.25) is 5.02 Å². The number of aromatic nitrogens is 5. The maximum absolute atomic E-state index is 12.6. The summed E-state index contributed by atoms with van der Waals surface area (Å²) in [7, 11) is 0. The number of aryl methyl sites for hydroxylation is 1. The second-order valence-electron chi connectivity index (χ2n) is 7.55. The van der Waals surface area contributed by atoms with E-state index in [0.717, 1.165) is 11.3 Å². The maximum atomic E-state index is 12.6. The van der Waals surface area contributed by atoms with Gasteiger partial charge in [-0.1, -0.05) is 59.8 Å². The zero-order valence-electron chi connectivity index (χ0n) is 18.3. The molecule has 5 aromatic rings. The number of para-hydroxylation sites is 2. The van der Waals surface area contributed by atoms with Crippen LogP contribution in [0.3, 0.4) is 0 Å². The van der Waals surface area contributed by atoms with Crippen LogP contribution in [-0.4, -0.2) is 24.1 Å². The Morgan fingerprint density at radius 3 is 2.62 bits per heavy atom. The molecule has 9 heteroatoms. The molecule has 3 heterocycles. The Bertz CT molecular complexity index is 1520. The average Bonchev–Trinajstić information content (AvgIpc) is 3.26. The quantitative estimate of drug-likeness (QED) is 0.296. The fourth-order valence-corrected chi connectivity index (χ4v) is 4.60. The van der Waals surface area contributed by atoms with Gasteiger partial charge in [-0.15, -0.1) is 10.2 Å². The first-order valence-electron chi connectivity index (χ1n) is 10.6. The summed E-state index contributed by atoms with van der Waals surface area (Å²) in [5, 5.41) is 9.98. The zero-order valence-corrected chi connectivity index (χ0v) is 19.8. The van der Waals surface area contributed by atoms with Crippen molar-refractivity contribution in [3.63, 3.8) is 0 Å². The highest BCUT2D eigenvalue weighted by molar-refractivity contribution is 7.98. The molecule has 5 rings (SSSR count). The number of pyridine rings is 1. The molecule has 0 amide bonds. The molecule has 0 bridgehead atoms. The molecule has 7 nitrogen and oxygen atoms in total. The van der Waals surface area contributed by atoms with E-state index in [1.165, 1.54) is 11.8 Å². The van der Waals surface area contributed by atoms with E-state index in [0.29, 0.717) is 38.8 Å². The molecule has 34 heavy (non-hydrogen) atoms. The number of ether oxygens (including phenoxy) is 1. The molecule has 0 fully saturated rings. The van der Waals surface area contributed by atoms with Gasteiger partial charge in [0.05, 0.1) is 10.7 Å². The molecule has 0 N–H and O–H groups in total. The highest BCUT2D eigenvalue weighted by Gasteiger charge is 2.16. The van der Waals surface area contributed by atoms with Crippen LogP contribution >= 0.6 is 23.4 Å². The zero-order chi connectivity index (χ0) is 23.5. The number of nitrogens with zero attached hydrogens (tertiary/aromatic N) is 5. The smallest absolute Gasteiger partial charge is 0.258 e. The third-order valence-electron chi connectivity index (χ3n) is 5.20. The van der Waals surface area contributed by atoms with Gasteiger partial charge < -0.3 is 4.74 Å². The van der Waals surface area contributed by atoms with Crippen molar-refractivity contribution >= 4 is 29.0 Å². The van der Waals surface area contributed by atoms with Crippen LogP contribution in [0.25, 0.3) is 11.3 Å². The van der Waals surface area contributed by atoms with Gasteiger partial charge in [-0.3, -0.25) is 13.8 Å². The Morgan fingerprint density at radius 1 is 1.00 bits per heavy atom. The minimum Gasteiger partial charge on any atom is -0.484 e. The highest BCUT2D eigenvalue weighted by atomic mass is 35.5. The number of benzene rings is 2. The van der Waals surface area contributed by atoms with Crippen molar-refractivity contribution in [2.75, 3.05) is 0 Å². The van der Waals surface area contributed by atoms with E-state index < -0.39 is 0 Å². The molecule has 0 saturated carbocycles. The van der Waals surface area contributed by atoms with E-state index in [2.05, 4.69) is 10.2 Å². The van der Waals surface area contributed by atoms with Crippen molar-refractivity contribution in [1.29, 1.82) is 0 Å². The van der Waals surface area contributed by atoms with Gasteiger partial charge in [0.2, 0.25) is 0 Å². The lowest BCUT2D eigenvalue weighted by atomic mass is 10.3. The Balaban J connectivity index is 1.44. The topological polar surface area (TPSA) is 74.3 Å². The van der Waals surface area contributed by atoms with Crippen molar-refractivity contribution in [2.45, 2.75) is 24.4 Å². The van der Waals surface area contributed by atoms with Gasteiger partial charge in [0.25, 0.3) is 5.56 Å². The van der Waals surface area contributed by atoms with Crippen molar-refractivity contribution in [1.82, 2.24) is 24.1 Å². The summed E-state index contributed by atoms with van der Waals surface area (Å²) in [5.74, 6) is 1.68. The summed E-state index contributed by atoms with van der Waals surface area (Å²) >= 11 is 7.69. The van der Waals surface area contributed by atoms with E-state index in [9.17, 15) is 4.79 Å². The third kappa shape index (κ3) is 4.55. The normalized spacial score (nSPS) is 11.1. The van der Waals surface area contributed by atoms with Crippen LogP contribution in [-0.2, 0) is 12.4 Å². The Morgan fingerprint density at radius 2 is 1.79 bits per heavy atom. The standard InChI is InChI=1S/C25H20ClN5O2S/c1-17-8-7-13-30-23(32)14-18(27-24(17)30)16-34-25-29-28-22(31(25)19-9-3-2-4-10-19)15-33-21-12-6-5-11-20(21)26/h2-14H,15-16H2,1H3. The number of thioether (sulfide) groups is 1. The molecule has 2 aromatic carbocycles. The SMILES string of the molecule is Cc1cccn2c(=O)cc(CSc3nnc(COc4ccccc4Cl)n3-c3ccccc3)nc12. The van der Waals surface area contributed by atoms with Gasteiger partial charge in [0.15, 0.2) is 11.0 Å². The summed E-state index contributed by atoms with van der Waals surface area (Å²) in [6.45, 7) is 2.14. The van der Waals surface area contributed by atoms with E-state index in [1.807, 2.05) is 72.2 Å². The minimum atomic E-state index is -0.109. The van der Waals surface area contributed by atoms with Crippen LogP contribution in [0.5, 0.6) is 5.75 Å². The summed E-state index contributed by atoms with van der Waals surface area (Å²) in [5.41, 5.74) is 3.08. The molecule has 0 aliphatic rings. The first-order valence-corrected chi connectivity index (χ1v) is 11.9. The molecule has 170 valence electrons. The van der Waals surface area contributed by atoms with Crippen molar-refractivity contribution in [2.24, 2.45) is 0 Å². The fourth-order valence-electron chi connectivity index (χ4n) is 3.55. The summed E-state index contributed by atoms with van der Waals surface area (Å²) < 4.78 is 9.42. The van der Waals surface area contributed by atoms with Crippen LogP contribution in [0.15, 0.2) is 88.9 Å². The number of fused-ring (bicyclic) bond motifs is 1. The summed E-state index contributed by atoms with van der Waals surface area (Å²) in [4.78, 5) is 17.2. The van der Waals surface area contributed by atoms with Crippen molar-refractivity contribution < 1.29 is 4.74 Å². The van der Waals surface area contributed by atoms with Crippen LogP contribution in [0, 0.1) is 6.92 Å². The Labute approximate surface area is 205 Å². The molecule has 0 radical (unpaired) electrons. The van der Waals surface area contributed by atoms with Gasteiger partial charge in [-0.05, 0) is 42.8 Å². The van der Waals surface area contributed by atoms with Crippen LogP contribution in [0.1, 0.15) is 17.1 Å². The van der Waals surface area contributed by atoms with Gasteiger partial charge >= 0.3 is 0 Å². The first kappa shape index (κ1) is 22.2. The second kappa shape index (κ2) is 9.70. The number of halogens is 1. The number of hydrogen-bond acceptors (Lipinski definition) is 6. The van der Waals surface area contributed by atoms with Crippen molar-refractivity contribution in [3.8, 4) is 11.4 Å². The Kier molecular flexibility index (Phi) is 6.33. The Hall–Kier alpha value is -3.62. The number of rotatable bonds is 7. The monoisotopic (exact) mass is 489 g/mol. The largest absolute Gasteiger partial charge is 0.484 e. The molecule has 0 aliphatic heterocycles. The molecule has 0 aliphatic carbocycles. The van der Waals surface area contributed by atoms with Crippen LogP contribution in [0.4, 0.5) is 0 Å². The lowest BCUT2D eigenvalue weighted by Crippen LogP contribution is -2.15. The lowest BCUT2D eigenvalue weighted by Gasteiger charge is -2.12. The fraction of sp³-hybridized carbons (Fsp3) is 0.120. The first-order chi connectivity index (χ1) is 16.6. The predicted octanol–water partition coefficient (Wildman–Crippen LogP) is 5.11. The highest BCUT2D eigenvalue weighted by Crippen LogP contribution is 2.27. The predicted molar refractivity (Wildman–Crippen MR) is 133 cm³/mol.